The maximum absolute atomic E-state index is 12.0. The lowest BCUT2D eigenvalue weighted by Crippen LogP contribution is -2.41. The molecule has 1 heterocycles. The second-order valence-corrected chi connectivity index (χ2v) is 3.87. The first-order chi connectivity index (χ1) is 7.79. The lowest BCUT2D eigenvalue weighted by molar-refractivity contribution is -0.198. The molecule has 0 spiro atoms. The molecule has 2 N–H and O–H groups in total. The number of nitrogens with two attached hydrogens (primary N) is 1. The number of nitrogens with zero attached hydrogens (tertiary/aromatic N) is 1. The highest BCUT2D eigenvalue weighted by atomic mass is 16.7. The van der Waals surface area contributed by atoms with Crippen molar-refractivity contribution in [2.45, 2.75) is 18.9 Å². The molecule has 1 aromatic carbocycles. The van der Waals surface area contributed by atoms with E-state index < -0.39 is 6.04 Å². The number of hydrogen-bond acceptors (Lipinski definition) is 3. The van der Waals surface area contributed by atoms with Gasteiger partial charge in [-0.25, -0.2) is 5.06 Å². The molecule has 1 atom stereocenters. The van der Waals surface area contributed by atoms with E-state index in [2.05, 4.69) is 0 Å². The Morgan fingerprint density at radius 2 is 2.06 bits per heavy atom. The molecule has 86 valence electrons. The van der Waals surface area contributed by atoms with E-state index in [0.29, 0.717) is 13.2 Å². The van der Waals surface area contributed by atoms with Gasteiger partial charge in [-0.1, -0.05) is 30.3 Å². The lowest BCUT2D eigenvalue weighted by Gasteiger charge is -2.28. The van der Waals surface area contributed by atoms with Crippen molar-refractivity contribution in [2.24, 2.45) is 5.73 Å². The Kier molecular flexibility index (Phi) is 3.54. The summed E-state index contributed by atoms with van der Waals surface area (Å²) in [4.78, 5) is 17.3. The molecule has 0 bridgehead atoms. The zero-order chi connectivity index (χ0) is 11.4. The summed E-state index contributed by atoms with van der Waals surface area (Å²) in [6.45, 7) is 1.24. The summed E-state index contributed by atoms with van der Waals surface area (Å²) in [6, 6.07) is 8.73. The average molecular weight is 220 g/mol. The van der Waals surface area contributed by atoms with Crippen LogP contribution in [-0.2, 0) is 9.63 Å². The third kappa shape index (κ3) is 2.40. The molecule has 16 heavy (non-hydrogen) atoms. The van der Waals surface area contributed by atoms with Gasteiger partial charge in [0.05, 0.1) is 6.61 Å². The van der Waals surface area contributed by atoms with Crippen molar-refractivity contribution in [2.75, 3.05) is 13.2 Å². The predicted octanol–water partition coefficient (Wildman–Crippen LogP) is 1.24. The minimum absolute atomic E-state index is 0.161. The molecular formula is C12H16N2O2. The molecular weight excluding hydrogens is 204 g/mol. The van der Waals surface area contributed by atoms with Gasteiger partial charge in [0.15, 0.2) is 0 Å². The molecule has 1 aliphatic heterocycles. The minimum atomic E-state index is -0.626. The second kappa shape index (κ2) is 5.09. The topological polar surface area (TPSA) is 55.6 Å². The second-order valence-electron chi connectivity index (χ2n) is 3.87. The van der Waals surface area contributed by atoms with Crippen molar-refractivity contribution < 1.29 is 9.63 Å². The Morgan fingerprint density at radius 3 is 2.69 bits per heavy atom. The number of benzene rings is 1. The van der Waals surface area contributed by atoms with Crippen molar-refractivity contribution in [3.63, 3.8) is 0 Å². The Hall–Kier alpha value is -1.39. The molecule has 1 saturated heterocycles. The Labute approximate surface area is 94.9 Å². The minimum Gasteiger partial charge on any atom is -0.316 e. The van der Waals surface area contributed by atoms with Crippen LogP contribution in [0.25, 0.3) is 0 Å². The molecule has 1 aromatic rings. The standard InChI is InChI=1S/C12H16N2O2/c13-11(10-6-2-1-3-7-10)12(15)14-8-4-5-9-16-14/h1-3,6-7,11H,4-5,8-9,13H2/t11-/m0/s1. The van der Waals surface area contributed by atoms with E-state index in [1.165, 1.54) is 5.06 Å². The van der Waals surface area contributed by atoms with E-state index in [0.717, 1.165) is 18.4 Å². The van der Waals surface area contributed by atoms with Crippen LogP contribution < -0.4 is 5.73 Å². The molecule has 0 aliphatic carbocycles. The summed E-state index contributed by atoms with van der Waals surface area (Å²) in [7, 11) is 0. The Balaban J connectivity index is 2.04. The van der Waals surface area contributed by atoms with E-state index in [9.17, 15) is 4.79 Å². The fourth-order valence-corrected chi connectivity index (χ4v) is 1.73. The number of rotatable bonds is 2. The molecule has 0 aromatic heterocycles. The van der Waals surface area contributed by atoms with Gasteiger partial charge in [-0.2, -0.15) is 0 Å². The quantitative estimate of drug-likeness (QED) is 0.815. The van der Waals surface area contributed by atoms with Crippen LogP contribution in [-0.4, -0.2) is 24.1 Å². The largest absolute Gasteiger partial charge is 0.316 e. The average Bonchev–Trinajstić information content (AvgIpc) is 2.39. The van der Waals surface area contributed by atoms with Crippen molar-refractivity contribution in [1.82, 2.24) is 5.06 Å². The van der Waals surface area contributed by atoms with Gasteiger partial charge in [0.2, 0.25) is 0 Å². The highest BCUT2D eigenvalue weighted by Gasteiger charge is 2.24. The third-order valence-corrected chi connectivity index (χ3v) is 2.67. The van der Waals surface area contributed by atoms with E-state index in [1.807, 2.05) is 30.3 Å². The lowest BCUT2D eigenvalue weighted by atomic mass is 10.1. The zero-order valence-corrected chi connectivity index (χ0v) is 9.13. The van der Waals surface area contributed by atoms with Crippen LogP contribution in [0.15, 0.2) is 30.3 Å². The number of hydroxylamine groups is 2. The monoisotopic (exact) mass is 220 g/mol. The molecule has 1 aliphatic rings. The number of hydrogen-bond donors (Lipinski definition) is 1. The van der Waals surface area contributed by atoms with Crippen LogP contribution in [0.1, 0.15) is 24.4 Å². The first-order valence-corrected chi connectivity index (χ1v) is 5.54. The van der Waals surface area contributed by atoms with Gasteiger partial charge in [-0.3, -0.25) is 9.63 Å². The van der Waals surface area contributed by atoms with Gasteiger partial charge in [0.25, 0.3) is 5.91 Å². The van der Waals surface area contributed by atoms with Gasteiger partial charge in [0, 0.05) is 6.54 Å². The fraction of sp³-hybridized carbons (Fsp3) is 0.417. The summed E-state index contributed by atoms with van der Waals surface area (Å²) in [5, 5.41) is 1.39. The Morgan fingerprint density at radius 1 is 1.31 bits per heavy atom. The highest BCUT2D eigenvalue weighted by molar-refractivity contribution is 5.82. The SMILES string of the molecule is N[C@H](C(=O)N1CCCCO1)c1ccccc1. The van der Waals surface area contributed by atoms with Crippen LogP contribution in [0, 0.1) is 0 Å². The normalized spacial score (nSPS) is 18.2. The molecule has 0 radical (unpaired) electrons. The number of carbonyl (C=O) groups excluding carboxylic acids is 1. The van der Waals surface area contributed by atoms with Crippen molar-refractivity contribution in [1.29, 1.82) is 0 Å². The summed E-state index contributed by atoms with van der Waals surface area (Å²) < 4.78 is 0. The highest BCUT2D eigenvalue weighted by Crippen LogP contribution is 2.15. The maximum atomic E-state index is 12.0. The van der Waals surface area contributed by atoms with Crippen LogP contribution in [0.4, 0.5) is 0 Å². The molecule has 4 nitrogen and oxygen atoms in total. The predicted molar refractivity (Wildman–Crippen MR) is 60.3 cm³/mol. The van der Waals surface area contributed by atoms with E-state index in [1.54, 1.807) is 0 Å². The van der Waals surface area contributed by atoms with Crippen molar-refractivity contribution in [3.05, 3.63) is 35.9 Å². The molecule has 1 amide bonds. The van der Waals surface area contributed by atoms with Crippen LogP contribution in [0.5, 0.6) is 0 Å². The van der Waals surface area contributed by atoms with Crippen LogP contribution in [0.2, 0.25) is 0 Å². The summed E-state index contributed by atoms with van der Waals surface area (Å²) in [6.07, 6.45) is 1.98. The zero-order valence-electron chi connectivity index (χ0n) is 9.13. The van der Waals surface area contributed by atoms with Gasteiger partial charge in [0.1, 0.15) is 6.04 Å². The van der Waals surface area contributed by atoms with Gasteiger partial charge in [-0.15, -0.1) is 0 Å². The van der Waals surface area contributed by atoms with Crippen molar-refractivity contribution >= 4 is 5.91 Å². The van der Waals surface area contributed by atoms with Gasteiger partial charge in [-0.05, 0) is 18.4 Å². The van der Waals surface area contributed by atoms with Gasteiger partial charge < -0.3 is 5.73 Å². The van der Waals surface area contributed by atoms with E-state index >= 15 is 0 Å². The number of carbonyl (C=O) groups is 1. The van der Waals surface area contributed by atoms with Crippen LogP contribution >= 0.6 is 0 Å². The van der Waals surface area contributed by atoms with Crippen molar-refractivity contribution in [3.8, 4) is 0 Å². The fourth-order valence-electron chi connectivity index (χ4n) is 1.73. The molecule has 1 fully saturated rings. The summed E-state index contributed by atoms with van der Waals surface area (Å²) in [5.74, 6) is -0.161. The van der Waals surface area contributed by atoms with Crippen LogP contribution in [0.3, 0.4) is 0 Å². The van der Waals surface area contributed by atoms with E-state index in [4.69, 9.17) is 10.6 Å². The molecule has 0 unspecified atom stereocenters. The first kappa shape index (κ1) is 11.1. The number of amides is 1. The Bertz CT molecular complexity index is 347. The van der Waals surface area contributed by atoms with Gasteiger partial charge >= 0.3 is 0 Å². The maximum Gasteiger partial charge on any atom is 0.267 e. The third-order valence-electron chi connectivity index (χ3n) is 2.67. The van der Waals surface area contributed by atoms with E-state index in [-0.39, 0.29) is 5.91 Å². The first-order valence-electron chi connectivity index (χ1n) is 5.54. The molecule has 0 saturated carbocycles. The molecule has 4 heteroatoms. The molecule has 2 rings (SSSR count). The summed E-state index contributed by atoms with van der Waals surface area (Å²) >= 11 is 0. The smallest absolute Gasteiger partial charge is 0.267 e. The summed E-state index contributed by atoms with van der Waals surface area (Å²) in [5.41, 5.74) is 6.72.